The number of aryl methyl sites for hydroxylation is 1. The van der Waals surface area contributed by atoms with E-state index in [1.54, 1.807) is 12.3 Å². The van der Waals surface area contributed by atoms with Gasteiger partial charge < -0.3 is 10.6 Å². The molecule has 1 aromatic carbocycles. The van der Waals surface area contributed by atoms with E-state index >= 15 is 0 Å². The van der Waals surface area contributed by atoms with Crippen LogP contribution in [0, 0.1) is 6.92 Å². The first-order valence-electron chi connectivity index (χ1n) is 8.96. The zero-order valence-corrected chi connectivity index (χ0v) is 18.6. The minimum Gasteiger partial charge on any atom is -0.350 e. The molecule has 2 aromatic heterocycles. The van der Waals surface area contributed by atoms with Crippen LogP contribution in [0.4, 0.5) is 5.69 Å². The highest BCUT2D eigenvalue weighted by Crippen LogP contribution is 2.31. The van der Waals surface area contributed by atoms with Gasteiger partial charge in [-0.15, -0.1) is 0 Å². The van der Waals surface area contributed by atoms with Crippen molar-refractivity contribution in [3.63, 3.8) is 0 Å². The molecule has 30 heavy (non-hydrogen) atoms. The number of carbonyl (C=O) groups is 2. The third-order valence-electron chi connectivity index (χ3n) is 4.05. The molecule has 0 aliphatic rings. The third-order valence-corrected chi connectivity index (χ3v) is 4.75. The fraction of sp³-hybridized carbons (Fsp3) is 0.200. The molecule has 0 radical (unpaired) electrons. The number of nitrogens with one attached hydrogen (secondary N) is 2. The third kappa shape index (κ3) is 4.75. The molecular formula is C20H18Cl3N5O2. The van der Waals surface area contributed by atoms with E-state index in [1.807, 2.05) is 26.8 Å². The Morgan fingerprint density at radius 1 is 1.10 bits per heavy atom. The van der Waals surface area contributed by atoms with Crippen molar-refractivity contribution in [2.24, 2.45) is 0 Å². The van der Waals surface area contributed by atoms with Gasteiger partial charge in [0.1, 0.15) is 5.69 Å². The van der Waals surface area contributed by atoms with Crippen molar-refractivity contribution in [1.29, 1.82) is 0 Å². The van der Waals surface area contributed by atoms with Gasteiger partial charge in [-0.05, 0) is 44.5 Å². The quantitative estimate of drug-likeness (QED) is 0.558. The van der Waals surface area contributed by atoms with Crippen molar-refractivity contribution in [2.75, 3.05) is 5.32 Å². The van der Waals surface area contributed by atoms with E-state index in [0.717, 1.165) is 5.56 Å². The Kier molecular flexibility index (Phi) is 6.65. The molecule has 0 aliphatic heterocycles. The lowest BCUT2D eigenvalue weighted by Gasteiger charge is -2.15. The Morgan fingerprint density at radius 2 is 1.83 bits per heavy atom. The predicted octanol–water partition coefficient (Wildman–Crippen LogP) is 4.93. The van der Waals surface area contributed by atoms with Crippen molar-refractivity contribution in [2.45, 2.75) is 26.8 Å². The molecule has 10 heteroatoms. The molecule has 0 saturated carbocycles. The number of nitrogens with zero attached hydrogens (tertiary/aromatic N) is 3. The molecule has 156 valence electrons. The average Bonchev–Trinajstić information content (AvgIpc) is 3.05. The fourth-order valence-electron chi connectivity index (χ4n) is 2.77. The molecule has 0 saturated heterocycles. The zero-order valence-electron chi connectivity index (χ0n) is 16.3. The van der Waals surface area contributed by atoms with Gasteiger partial charge in [0.25, 0.3) is 11.8 Å². The minimum atomic E-state index is -0.567. The van der Waals surface area contributed by atoms with Crippen molar-refractivity contribution in [3.8, 4) is 5.82 Å². The summed E-state index contributed by atoms with van der Waals surface area (Å²) in [5.41, 5.74) is 1.20. The minimum absolute atomic E-state index is 0.116. The molecule has 0 bridgehead atoms. The van der Waals surface area contributed by atoms with Crippen LogP contribution in [0.15, 0.2) is 36.5 Å². The first-order valence-corrected chi connectivity index (χ1v) is 10.1. The fourth-order valence-corrected chi connectivity index (χ4v) is 3.49. The van der Waals surface area contributed by atoms with Gasteiger partial charge in [-0.3, -0.25) is 9.59 Å². The highest BCUT2D eigenvalue weighted by Gasteiger charge is 2.23. The second-order valence-electron chi connectivity index (χ2n) is 6.80. The number of carbonyl (C=O) groups excluding carboxylic acids is 2. The van der Waals surface area contributed by atoms with Gasteiger partial charge in [0.15, 0.2) is 11.0 Å². The van der Waals surface area contributed by atoms with Crippen LogP contribution in [0.3, 0.4) is 0 Å². The van der Waals surface area contributed by atoms with Crippen LogP contribution < -0.4 is 10.6 Å². The monoisotopic (exact) mass is 465 g/mol. The molecule has 0 atom stereocenters. The van der Waals surface area contributed by atoms with E-state index < -0.39 is 11.8 Å². The molecule has 2 amide bonds. The Bertz CT molecular complexity index is 1130. The van der Waals surface area contributed by atoms with E-state index in [1.165, 1.54) is 22.9 Å². The lowest BCUT2D eigenvalue weighted by Crippen LogP contribution is -2.31. The summed E-state index contributed by atoms with van der Waals surface area (Å²) >= 11 is 18.4. The maximum Gasteiger partial charge on any atom is 0.274 e. The number of halogens is 3. The zero-order chi connectivity index (χ0) is 22.0. The molecule has 0 unspecified atom stereocenters. The van der Waals surface area contributed by atoms with Gasteiger partial charge in [0, 0.05) is 23.3 Å². The van der Waals surface area contributed by atoms with Gasteiger partial charge >= 0.3 is 0 Å². The molecule has 3 aromatic rings. The van der Waals surface area contributed by atoms with Crippen LogP contribution in [-0.4, -0.2) is 32.6 Å². The van der Waals surface area contributed by atoms with Crippen molar-refractivity contribution in [1.82, 2.24) is 20.1 Å². The maximum absolute atomic E-state index is 13.1. The van der Waals surface area contributed by atoms with Gasteiger partial charge in [-0.25, -0.2) is 9.67 Å². The van der Waals surface area contributed by atoms with Gasteiger partial charge in [-0.2, -0.15) is 5.10 Å². The summed E-state index contributed by atoms with van der Waals surface area (Å²) in [6, 6.07) is 7.78. The highest BCUT2D eigenvalue weighted by molar-refractivity contribution is 6.38. The van der Waals surface area contributed by atoms with E-state index in [2.05, 4.69) is 20.7 Å². The summed E-state index contributed by atoms with van der Waals surface area (Å²) in [4.78, 5) is 30.0. The van der Waals surface area contributed by atoms with Crippen LogP contribution >= 0.6 is 34.8 Å². The lowest BCUT2D eigenvalue weighted by molar-refractivity contribution is 0.0944. The van der Waals surface area contributed by atoms with Crippen LogP contribution in [0.25, 0.3) is 5.82 Å². The number of aromatic nitrogens is 3. The number of rotatable bonds is 5. The van der Waals surface area contributed by atoms with Crippen molar-refractivity contribution in [3.05, 3.63) is 68.5 Å². The van der Waals surface area contributed by atoms with Crippen molar-refractivity contribution >= 4 is 52.3 Å². The van der Waals surface area contributed by atoms with Gasteiger partial charge in [-0.1, -0.05) is 40.9 Å². The van der Waals surface area contributed by atoms with Crippen molar-refractivity contribution < 1.29 is 9.59 Å². The second kappa shape index (κ2) is 9.04. The van der Waals surface area contributed by atoms with Crippen LogP contribution in [-0.2, 0) is 0 Å². The number of anilines is 1. The van der Waals surface area contributed by atoms with E-state index in [9.17, 15) is 9.59 Å². The Hall–Kier alpha value is -2.61. The van der Waals surface area contributed by atoms with Crippen LogP contribution in [0.1, 0.15) is 40.3 Å². The molecule has 3 rings (SSSR count). The summed E-state index contributed by atoms with van der Waals surface area (Å²) in [5, 5.41) is 10.1. The topological polar surface area (TPSA) is 88.9 Å². The summed E-state index contributed by atoms with van der Waals surface area (Å²) in [5.74, 6) is -0.534. The first kappa shape index (κ1) is 22.1. The Balaban J connectivity index is 2.02. The van der Waals surface area contributed by atoms with Crippen LogP contribution in [0.2, 0.25) is 15.2 Å². The molecule has 0 spiro atoms. The molecular weight excluding hydrogens is 449 g/mol. The van der Waals surface area contributed by atoms with E-state index in [4.69, 9.17) is 34.8 Å². The second-order valence-corrected chi connectivity index (χ2v) is 8.03. The number of pyridine rings is 1. The summed E-state index contributed by atoms with van der Waals surface area (Å²) < 4.78 is 1.34. The predicted molar refractivity (Wildman–Crippen MR) is 118 cm³/mol. The van der Waals surface area contributed by atoms with Gasteiger partial charge in [0.2, 0.25) is 0 Å². The number of amides is 2. The first-order chi connectivity index (χ1) is 14.2. The smallest absolute Gasteiger partial charge is 0.274 e. The highest BCUT2D eigenvalue weighted by atomic mass is 35.5. The SMILES string of the molecule is Cc1cccnc1-n1nc(Cl)cc1C(=O)Nc1c(Cl)cc(Cl)cc1C(=O)NC(C)C. The summed E-state index contributed by atoms with van der Waals surface area (Å²) in [6.45, 7) is 5.47. The molecule has 2 N–H and O–H groups in total. The summed E-state index contributed by atoms with van der Waals surface area (Å²) in [6.07, 6.45) is 1.59. The molecule has 0 aliphatic carbocycles. The number of benzene rings is 1. The maximum atomic E-state index is 13.1. The largest absolute Gasteiger partial charge is 0.350 e. The molecule has 2 heterocycles. The number of hydrogen-bond donors (Lipinski definition) is 2. The van der Waals surface area contributed by atoms with Gasteiger partial charge in [0.05, 0.1) is 16.3 Å². The Morgan fingerprint density at radius 3 is 2.50 bits per heavy atom. The standard InChI is InChI=1S/C20H18Cl3N5O2/c1-10(2)25-19(29)13-7-12(21)8-14(22)17(13)26-20(30)15-9-16(23)27-28(15)18-11(3)5-4-6-24-18/h4-10H,1-3H3,(H,25,29)(H,26,30). The lowest BCUT2D eigenvalue weighted by atomic mass is 10.1. The normalized spacial score (nSPS) is 10.9. The molecule has 7 nitrogen and oxygen atoms in total. The van der Waals surface area contributed by atoms with E-state index in [-0.39, 0.29) is 38.2 Å². The van der Waals surface area contributed by atoms with Crippen LogP contribution in [0.5, 0.6) is 0 Å². The average molecular weight is 467 g/mol. The Labute approximate surface area is 188 Å². The van der Waals surface area contributed by atoms with E-state index in [0.29, 0.717) is 5.82 Å². The number of hydrogen-bond acceptors (Lipinski definition) is 4. The molecule has 0 fully saturated rings. The summed E-state index contributed by atoms with van der Waals surface area (Å²) in [7, 11) is 0.